The summed E-state index contributed by atoms with van der Waals surface area (Å²) in [5.41, 5.74) is 1.07. The van der Waals surface area contributed by atoms with Crippen LogP contribution in [-0.4, -0.2) is 38.7 Å². The Kier molecular flexibility index (Phi) is 3.78. The Morgan fingerprint density at radius 1 is 1.56 bits per heavy atom. The summed E-state index contributed by atoms with van der Waals surface area (Å²) in [5, 5.41) is 5.37. The average Bonchev–Trinajstić information content (AvgIpc) is 2.38. The van der Waals surface area contributed by atoms with Crippen molar-refractivity contribution in [2.24, 2.45) is 0 Å². The molecule has 0 radical (unpaired) electrons. The van der Waals surface area contributed by atoms with Crippen molar-refractivity contribution in [3.8, 4) is 5.75 Å². The Hall–Kier alpha value is -2.08. The summed E-state index contributed by atoms with van der Waals surface area (Å²) in [7, 11) is 1.57. The minimum Gasteiger partial charge on any atom is -0.482 e. The summed E-state index contributed by atoms with van der Waals surface area (Å²) in [6.45, 7) is 0.884. The lowest BCUT2D eigenvalue weighted by Crippen LogP contribution is -2.28. The molecule has 2 amide bonds. The van der Waals surface area contributed by atoms with Gasteiger partial charge >= 0.3 is 0 Å². The van der Waals surface area contributed by atoms with E-state index in [-0.39, 0.29) is 18.4 Å². The molecule has 0 atom stereocenters. The Morgan fingerprint density at radius 2 is 2.39 bits per heavy atom. The molecule has 2 N–H and O–H groups in total. The quantitative estimate of drug-likeness (QED) is 0.758. The molecule has 96 valence electrons. The maximum Gasteiger partial charge on any atom is 0.262 e. The molecule has 18 heavy (non-hydrogen) atoms. The first-order valence-electron chi connectivity index (χ1n) is 5.54. The van der Waals surface area contributed by atoms with Crippen LogP contribution in [0.2, 0.25) is 0 Å². The van der Waals surface area contributed by atoms with Gasteiger partial charge < -0.3 is 20.1 Å². The summed E-state index contributed by atoms with van der Waals surface area (Å²) >= 11 is 0. The van der Waals surface area contributed by atoms with Gasteiger partial charge in [-0.2, -0.15) is 0 Å². The Balaban J connectivity index is 2.06. The molecule has 0 aliphatic carbocycles. The molecule has 1 heterocycles. The van der Waals surface area contributed by atoms with Crippen molar-refractivity contribution < 1.29 is 19.1 Å². The summed E-state index contributed by atoms with van der Waals surface area (Å²) < 4.78 is 10.1. The Labute approximate surface area is 104 Å². The van der Waals surface area contributed by atoms with Crippen molar-refractivity contribution in [1.29, 1.82) is 0 Å². The number of hydrogen-bond acceptors (Lipinski definition) is 4. The van der Waals surface area contributed by atoms with Crippen molar-refractivity contribution in [3.63, 3.8) is 0 Å². The van der Waals surface area contributed by atoms with Crippen molar-refractivity contribution >= 4 is 17.5 Å². The molecule has 1 aliphatic rings. The molecule has 1 aromatic rings. The average molecular weight is 250 g/mol. The van der Waals surface area contributed by atoms with Gasteiger partial charge in [-0.3, -0.25) is 9.59 Å². The predicted octanol–water partition coefficient (Wildman–Crippen LogP) is 0.394. The Morgan fingerprint density at radius 3 is 3.17 bits per heavy atom. The normalized spacial score (nSPS) is 13.3. The second-order valence-corrected chi connectivity index (χ2v) is 3.80. The highest BCUT2D eigenvalue weighted by atomic mass is 16.5. The number of anilines is 1. The molecule has 0 bridgehead atoms. The number of nitrogens with one attached hydrogen (secondary N) is 2. The van der Waals surface area contributed by atoms with Crippen LogP contribution in [0.4, 0.5) is 5.69 Å². The van der Waals surface area contributed by atoms with Crippen LogP contribution in [0.5, 0.6) is 5.75 Å². The lowest BCUT2D eigenvalue weighted by Gasteiger charge is -2.18. The lowest BCUT2D eigenvalue weighted by molar-refractivity contribution is -0.118. The Bertz CT molecular complexity index is 473. The number of hydrogen-bond donors (Lipinski definition) is 2. The molecule has 1 aliphatic heterocycles. The van der Waals surface area contributed by atoms with E-state index in [1.807, 2.05) is 0 Å². The number of carbonyl (C=O) groups is 2. The van der Waals surface area contributed by atoms with Crippen LogP contribution in [0.15, 0.2) is 18.2 Å². The van der Waals surface area contributed by atoms with Gasteiger partial charge in [-0.25, -0.2) is 0 Å². The molecule has 0 fully saturated rings. The van der Waals surface area contributed by atoms with Gasteiger partial charge in [-0.15, -0.1) is 0 Å². The van der Waals surface area contributed by atoms with Crippen LogP contribution in [-0.2, 0) is 9.53 Å². The number of rotatable bonds is 4. The minimum absolute atomic E-state index is 0.0260. The molecule has 0 spiro atoms. The number of ether oxygens (including phenoxy) is 2. The van der Waals surface area contributed by atoms with Gasteiger partial charge in [0.1, 0.15) is 5.75 Å². The van der Waals surface area contributed by atoms with Gasteiger partial charge in [-0.1, -0.05) is 0 Å². The molecule has 0 aromatic heterocycles. The standard InChI is InChI=1S/C12H14N2O4/c1-17-5-4-13-12(16)8-2-3-9-10(6-8)18-7-11(15)14-9/h2-3,6H,4-5,7H2,1H3,(H,13,16)(H,14,15). The van der Waals surface area contributed by atoms with Gasteiger partial charge in [0.05, 0.1) is 12.3 Å². The van der Waals surface area contributed by atoms with E-state index in [0.717, 1.165) is 0 Å². The van der Waals surface area contributed by atoms with Gasteiger partial charge in [0.15, 0.2) is 6.61 Å². The van der Waals surface area contributed by atoms with Crippen molar-refractivity contribution in [1.82, 2.24) is 5.32 Å². The molecule has 0 saturated carbocycles. The molecule has 0 unspecified atom stereocenters. The van der Waals surface area contributed by atoms with Crippen LogP contribution in [0, 0.1) is 0 Å². The van der Waals surface area contributed by atoms with Gasteiger partial charge in [0.25, 0.3) is 11.8 Å². The molecular weight excluding hydrogens is 236 g/mol. The predicted molar refractivity (Wildman–Crippen MR) is 64.8 cm³/mol. The van der Waals surface area contributed by atoms with E-state index in [1.54, 1.807) is 25.3 Å². The third kappa shape index (κ3) is 2.78. The first-order chi connectivity index (χ1) is 8.70. The van der Waals surface area contributed by atoms with Crippen molar-refractivity contribution in [2.75, 3.05) is 32.2 Å². The first-order valence-corrected chi connectivity index (χ1v) is 5.54. The SMILES string of the molecule is COCCNC(=O)c1ccc2c(c1)OCC(=O)N2. The fraction of sp³-hybridized carbons (Fsp3) is 0.333. The second-order valence-electron chi connectivity index (χ2n) is 3.80. The van der Waals surface area contributed by atoms with E-state index >= 15 is 0 Å². The van der Waals surface area contributed by atoms with E-state index in [0.29, 0.717) is 30.2 Å². The van der Waals surface area contributed by atoms with Crippen LogP contribution >= 0.6 is 0 Å². The van der Waals surface area contributed by atoms with Crippen LogP contribution < -0.4 is 15.4 Å². The number of benzene rings is 1. The number of fused-ring (bicyclic) bond motifs is 1. The molecule has 0 saturated heterocycles. The maximum absolute atomic E-state index is 11.8. The van der Waals surface area contributed by atoms with Gasteiger partial charge in [-0.05, 0) is 18.2 Å². The van der Waals surface area contributed by atoms with Crippen LogP contribution in [0.25, 0.3) is 0 Å². The highest BCUT2D eigenvalue weighted by Crippen LogP contribution is 2.28. The summed E-state index contributed by atoms with van der Waals surface area (Å²) in [6.07, 6.45) is 0. The van der Waals surface area contributed by atoms with Gasteiger partial charge in [0.2, 0.25) is 0 Å². The third-order valence-corrected chi connectivity index (χ3v) is 2.47. The van der Waals surface area contributed by atoms with E-state index in [1.165, 1.54) is 0 Å². The fourth-order valence-corrected chi connectivity index (χ4v) is 1.58. The molecule has 2 rings (SSSR count). The second kappa shape index (κ2) is 5.50. The summed E-state index contributed by atoms with van der Waals surface area (Å²) in [5.74, 6) is 0.115. The van der Waals surface area contributed by atoms with E-state index in [9.17, 15) is 9.59 Å². The highest BCUT2D eigenvalue weighted by Gasteiger charge is 2.17. The number of amides is 2. The van der Waals surface area contributed by atoms with E-state index in [2.05, 4.69) is 10.6 Å². The number of methoxy groups -OCH3 is 1. The largest absolute Gasteiger partial charge is 0.482 e. The van der Waals surface area contributed by atoms with Crippen LogP contribution in [0.3, 0.4) is 0 Å². The maximum atomic E-state index is 11.8. The third-order valence-electron chi connectivity index (χ3n) is 2.47. The van der Waals surface area contributed by atoms with Crippen LogP contribution in [0.1, 0.15) is 10.4 Å². The molecule has 1 aromatic carbocycles. The number of carbonyl (C=O) groups excluding carboxylic acids is 2. The van der Waals surface area contributed by atoms with E-state index < -0.39 is 0 Å². The molecule has 6 nitrogen and oxygen atoms in total. The summed E-state index contributed by atoms with van der Waals surface area (Å²) in [6, 6.07) is 4.89. The molecule has 6 heteroatoms. The van der Waals surface area contributed by atoms with Gasteiger partial charge in [0, 0.05) is 19.2 Å². The zero-order valence-electron chi connectivity index (χ0n) is 9.99. The zero-order valence-corrected chi connectivity index (χ0v) is 9.99. The fourth-order valence-electron chi connectivity index (χ4n) is 1.58. The smallest absolute Gasteiger partial charge is 0.262 e. The first kappa shape index (κ1) is 12.4. The van der Waals surface area contributed by atoms with Crippen molar-refractivity contribution in [3.05, 3.63) is 23.8 Å². The monoisotopic (exact) mass is 250 g/mol. The van der Waals surface area contributed by atoms with Crippen molar-refractivity contribution in [2.45, 2.75) is 0 Å². The summed E-state index contributed by atoms with van der Waals surface area (Å²) in [4.78, 5) is 22.8. The minimum atomic E-state index is -0.199. The topological polar surface area (TPSA) is 76.7 Å². The highest BCUT2D eigenvalue weighted by molar-refractivity contribution is 5.98. The zero-order chi connectivity index (χ0) is 13.0. The van der Waals surface area contributed by atoms with E-state index in [4.69, 9.17) is 9.47 Å². The lowest BCUT2D eigenvalue weighted by atomic mass is 10.1. The molecular formula is C12H14N2O4.